The zero-order valence-corrected chi connectivity index (χ0v) is 15.3. The molecule has 1 amide bonds. The fourth-order valence-electron chi connectivity index (χ4n) is 2.14. The molecule has 2 rings (SSSR count). The Balaban J connectivity index is 2.07. The molecule has 0 aliphatic rings. The molecule has 122 valence electrons. The SMILES string of the molecule is CC(C)(C)NC(=O)c1cc(Br)ccc1OCCc1ccccc1. The van der Waals surface area contributed by atoms with Gasteiger partial charge < -0.3 is 10.1 Å². The van der Waals surface area contributed by atoms with E-state index in [1.54, 1.807) is 6.07 Å². The number of amides is 1. The standard InChI is InChI=1S/C19H22BrNO2/c1-19(2,3)21-18(22)16-13-15(20)9-10-17(16)23-12-11-14-7-5-4-6-8-14/h4-10,13H,11-12H2,1-3H3,(H,21,22). The third kappa shape index (κ3) is 5.71. The van der Waals surface area contributed by atoms with E-state index in [0.29, 0.717) is 17.9 Å². The Kier molecular flexibility index (Phi) is 5.83. The van der Waals surface area contributed by atoms with E-state index in [4.69, 9.17) is 4.74 Å². The molecule has 0 bridgehead atoms. The second-order valence-corrected chi connectivity index (χ2v) is 7.34. The van der Waals surface area contributed by atoms with E-state index in [9.17, 15) is 4.79 Å². The highest BCUT2D eigenvalue weighted by Crippen LogP contribution is 2.24. The zero-order chi connectivity index (χ0) is 16.9. The van der Waals surface area contributed by atoms with Gasteiger partial charge >= 0.3 is 0 Å². The molecule has 0 saturated heterocycles. The lowest BCUT2D eigenvalue weighted by molar-refractivity contribution is 0.0915. The van der Waals surface area contributed by atoms with Gasteiger partial charge in [-0.2, -0.15) is 0 Å². The summed E-state index contributed by atoms with van der Waals surface area (Å²) < 4.78 is 6.70. The molecule has 0 aliphatic carbocycles. The normalized spacial score (nSPS) is 11.1. The molecule has 1 N–H and O–H groups in total. The second-order valence-electron chi connectivity index (χ2n) is 6.43. The minimum Gasteiger partial charge on any atom is -0.492 e. The highest BCUT2D eigenvalue weighted by Gasteiger charge is 2.19. The maximum atomic E-state index is 12.5. The van der Waals surface area contributed by atoms with Crippen molar-refractivity contribution in [1.29, 1.82) is 0 Å². The minimum absolute atomic E-state index is 0.131. The van der Waals surface area contributed by atoms with Gasteiger partial charge in [0.1, 0.15) is 5.75 Å². The van der Waals surface area contributed by atoms with Crippen LogP contribution in [0.4, 0.5) is 0 Å². The molecule has 0 unspecified atom stereocenters. The van der Waals surface area contributed by atoms with E-state index < -0.39 is 0 Å². The third-order valence-electron chi connectivity index (χ3n) is 3.17. The fourth-order valence-corrected chi connectivity index (χ4v) is 2.50. The quantitative estimate of drug-likeness (QED) is 0.828. The topological polar surface area (TPSA) is 38.3 Å². The van der Waals surface area contributed by atoms with Crippen LogP contribution in [0.3, 0.4) is 0 Å². The molecular weight excluding hydrogens is 354 g/mol. The molecule has 0 heterocycles. The number of benzene rings is 2. The van der Waals surface area contributed by atoms with Crippen LogP contribution >= 0.6 is 15.9 Å². The molecule has 2 aromatic rings. The van der Waals surface area contributed by atoms with Crippen LogP contribution in [-0.4, -0.2) is 18.1 Å². The lowest BCUT2D eigenvalue weighted by atomic mass is 10.1. The number of halogens is 1. The highest BCUT2D eigenvalue weighted by atomic mass is 79.9. The number of carbonyl (C=O) groups excluding carboxylic acids is 1. The molecule has 3 nitrogen and oxygen atoms in total. The van der Waals surface area contributed by atoms with E-state index in [2.05, 4.69) is 33.4 Å². The summed E-state index contributed by atoms with van der Waals surface area (Å²) in [6.07, 6.45) is 0.803. The molecule has 0 radical (unpaired) electrons. The monoisotopic (exact) mass is 375 g/mol. The number of hydrogen-bond acceptors (Lipinski definition) is 2. The number of nitrogens with one attached hydrogen (secondary N) is 1. The molecule has 2 aromatic carbocycles. The Hall–Kier alpha value is -1.81. The van der Waals surface area contributed by atoms with Crippen LogP contribution in [0.25, 0.3) is 0 Å². The Bertz CT molecular complexity index is 663. The first-order valence-electron chi connectivity index (χ1n) is 7.64. The molecule has 23 heavy (non-hydrogen) atoms. The van der Waals surface area contributed by atoms with Gasteiger partial charge in [0.2, 0.25) is 0 Å². The minimum atomic E-state index is -0.291. The molecule has 0 fully saturated rings. The Morgan fingerprint density at radius 1 is 1.13 bits per heavy atom. The van der Waals surface area contributed by atoms with Gasteiger partial charge in [0.15, 0.2) is 0 Å². The maximum absolute atomic E-state index is 12.5. The van der Waals surface area contributed by atoms with Crippen molar-refractivity contribution < 1.29 is 9.53 Å². The molecule has 0 saturated carbocycles. The third-order valence-corrected chi connectivity index (χ3v) is 3.66. The second kappa shape index (κ2) is 7.64. The molecule has 0 aliphatic heterocycles. The van der Waals surface area contributed by atoms with E-state index in [1.165, 1.54) is 5.56 Å². The van der Waals surface area contributed by atoms with Crippen LogP contribution in [0.1, 0.15) is 36.7 Å². The van der Waals surface area contributed by atoms with Crippen molar-refractivity contribution in [3.8, 4) is 5.75 Å². The van der Waals surface area contributed by atoms with Crippen LogP contribution in [0.15, 0.2) is 53.0 Å². The van der Waals surface area contributed by atoms with Crippen molar-refractivity contribution in [1.82, 2.24) is 5.32 Å². The van der Waals surface area contributed by atoms with Gasteiger partial charge in [-0.3, -0.25) is 4.79 Å². The number of rotatable bonds is 5. The average molecular weight is 376 g/mol. The summed E-state index contributed by atoms with van der Waals surface area (Å²) in [5.41, 5.74) is 1.47. The largest absolute Gasteiger partial charge is 0.492 e. The zero-order valence-electron chi connectivity index (χ0n) is 13.7. The van der Waals surface area contributed by atoms with Crippen molar-refractivity contribution in [2.45, 2.75) is 32.7 Å². The predicted molar refractivity (Wildman–Crippen MR) is 97.0 cm³/mol. The van der Waals surface area contributed by atoms with Gasteiger partial charge in [0, 0.05) is 16.4 Å². The molecule has 4 heteroatoms. The Morgan fingerprint density at radius 3 is 2.48 bits per heavy atom. The summed E-state index contributed by atoms with van der Waals surface area (Å²) in [5, 5.41) is 2.97. The van der Waals surface area contributed by atoms with Gasteiger partial charge in [-0.1, -0.05) is 46.3 Å². The van der Waals surface area contributed by atoms with E-state index >= 15 is 0 Å². The van der Waals surface area contributed by atoms with Gasteiger partial charge in [0.05, 0.1) is 12.2 Å². The van der Waals surface area contributed by atoms with Crippen molar-refractivity contribution in [2.24, 2.45) is 0 Å². The summed E-state index contributed by atoms with van der Waals surface area (Å²) in [4.78, 5) is 12.5. The summed E-state index contributed by atoms with van der Waals surface area (Å²) in [6.45, 7) is 6.40. The molecule has 0 atom stereocenters. The number of hydrogen-bond donors (Lipinski definition) is 1. The summed E-state index contributed by atoms with van der Waals surface area (Å²) in [7, 11) is 0. The first kappa shape index (κ1) is 17.5. The summed E-state index contributed by atoms with van der Waals surface area (Å²) in [5.74, 6) is 0.472. The van der Waals surface area contributed by atoms with E-state index in [-0.39, 0.29) is 11.4 Å². The van der Waals surface area contributed by atoms with Gasteiger partial charge in [-0.05, 0) is 44.5 Å². The lowest BCUT2D eigenvalue weighted by Crippen LogP contribution is -2.40. The van der Waals surface area contributed by atoms with Crippen molar-refractivity contribution in [3.05, 3.63) is 64.1 Å². The van der Waals surface area contributed by atoms with Gasteiger partial charge in [-0.25, -0.2) is 0 Å². The Morgan fingerprint density at radius 2 is 1.83 bits per heavy atom. The van der Waals surface area contributed by atoms with Crippen molar-refractivity contribution in [2.75, 3.05) is 6.61 Å². The van der Waals surface area contributed by atoms with E-state index in [0.717, 1.165) is 10.9 Å². The Labute approximate surface area is 146 Å². The van der Waals surface area contributed by atoms with Crippen molar-refractivity contribution in [3.63, 3.8) is 0 Å². The van der Waals surface area contributed by atoms with Gasteiger partial charge in [-0.15, -0.1) is 0 Å². The van der Waals surface area contributed by atoms with Crippen LogP contribution in [0.2, 0.25) is 0 Å². The van der Waals surface area contributed by atoms with Gasteiger partial charge in [0.25, 0.3) is 5.91 Å². The first-order chi connectivity index (χ1) is 10.8. The first-order valence-corrected chi connectivity index (χ1v) is 8.43. The average Bonchev–Trinajstić information content (AvgIpc) is 2.48. The highest BCUT2D eigenvalue weighted by molar-refractivity contribution is 9.10. The summed E-state index contributed by atoms with van der Waals surface area (Å²) >= 11 is 3.41. The van der Waals surface area contributed by atoms with Crippen LogP contribution in [-0.2, 0) is 6.42 Å². The number of ether oxygens (including phenoxy) is 1. The number of carbonyl (C=O) groups is 1. The summed E-state index contributed by atoms with van der Waals surface area (Å²) in [6, 6.07) is 15.6. The van der Waals surface area contributed by atoms with Crippen molar-refractivity contribution >= 4 is 21.8 Å². The van der Waals surface area contributed by atoms with Crippen LogP contribution < -0.4 is 10.1 Å². The maximum Gasteiger partial charge on any atom is 0.255 e. The van der Waals surface area contributed by atoms with Crippen LogP contribution in [0, 0.1) is 0 Å². The lowest BCUT2D eigenvalue weighted by Gasteiger charge is -2.21. The van der Waals surface area contributed by atoms with Crippen LogP contribution in [0.5, 0.6) is 5.75 Å². The smallest absolute Gasteiger partial charge is 0.255 e. The molecule has 0 spiro atoms. The fraction of sp³-hybridized carbons (Fsp3) is 0.316. The molecular formula is C19H22BrNO2. The van der Waals surface area contributed by atoms with E-state index in [1.807, 2.05) is 51.1 Å². The molecule has 0 aromatic heterocycles. The predicted octanol–water partition coefficient (Wildman–Crippen LogP) is 4.60.